The minimum absolute atomic E-state index is 0.137. The summed E-state index contributed by atoms with van der Waals surface area (Å²) in [6.45, 7) is 5.79. The maximum atomic E-state index is 11.2. The number of carbonyl (C=O) groups excluding carboxylic acids is 1. The lowest BCUT2D eigenvalue weighted by Gasteiger charge is -2.16. The van der Waals surface area contributed by atoms with Gasteiger partial charge in [-0.15, -0.1) is 0 Å². The van der Waals surface area contributed by atoms with Crippen molar-refractivity contribution in [3.63, 3.8) is 0 Å². The molecular weight excluding hydrogens is 216 g/mol. The number of pyridine rings is 1. The molecule has 0 saturated heterocycles. The van der Waals surface area contributed by atoms with Crippen LogP contribution in [0.4, 0.5) is 0 Å². The molecule has 0 N–H and O–H groups in total. The van der Waals surface area contributed by atoms with Crippen molar-refractivity contribution in [2.45, 2.75) is 26.8 Å². The molecule has 0 aliphatic rings. The summed E-state index contributed by atoms with van der Waals surface area (Å²) in [5, 5.41) is 0. The van der Waals surface area contributed by atoms with Crippen LogP contribution in [0.15, 0.2) is 18.5 Å². The van der Waals surface area contributed by atoms with E-state index in [-0.39, 0.29) is 5.97 Å². The van der Waals surface area contributed by atoms with E-state index in [2.05, 4.69) is 16.0 Å². The minimum atomic E-state index is -0.137. The van der Waals surface area contributed by atoms with Gasteiger partial charge in [0.1, 0.15) is 0 Å². The molecule has 1 aromatic heterocycles. The van der Waals surface area contributed by atoms with E-state index in [4.69, 9.17) is 4.74 Å². The van der Waals surface area contributed by atoms with Crippen molar-refractivity contribution in [2.75, 3.05) is 20.2 Å². The average Bonchev–Trinajstić information content (AvgIpc) is 2.27. The second-order valence-corrected chi connectivity index (χ2v) is 4.16. The number of aromatic nitrogens is 1. The van der Waals surface area contributed by atoms with Crippen LogP contribution in [-0.2, 0) is 16.1 Å². The Morgan fingerprint density at radius 2 is 2.24 bits per heavy atom. The third-order valence-corrected chi connectivity index (χ3v) is 2.39. The van der Waals surface area contributed by atoms with Crippen LogP contribution in [0, 0.1) is 6.92 Å². The van der Waals surface area contributed by atoms with Crippen molar-refractivity contribution in [2.24, 2.45) is 0 Å². The lowest BCUT2D eigenvalue weighted by Crippen LogP contribution is -2.22. The Morgan fingerprint density at radius 3 is 2.88 bits per heavy atom. The Balaban J connectivity index is 2.34. The molecule has 94 valence electrons. The van der Waals surface area contributed by atoms with E-state index in [0.717, 1.165) is 17.7 Å². The zero-order valence-electron chi connectivity index (χ0n) is 10.8. The molecule has 0 aromatic carbocycles. The summed E-state index contributed by atoms with van der Waals surface area (Å²) < 4.78 is 4.88. The molecule has 0 fully saturated rings. The van der Waals surface area contributed by atoms with Crippen molar-refractivity contribution in [3.05, 3.63) is 29.6 Å². The highest BCUT2D eigenvalue weighted by molar-refractivity contribution is 5.69. The summed E-state index contributed by atoms with van der Waals surface area (Å²) in [6, 6.07) is 2.11. The molecule has 17 heavy (non-hydrogen) atoms. The molecule has 0 spiro atoms. The lowest BCUT2D eigenvalue weighted by molar-refractivity contribution is -0.143. The SMILES string of the molecule is CCOC(=O)CCN(C)Cc1cncc(C)c1. The highest BCUT2D eigenvalue weighted by atomic mass is 16.5. The number of hydrogen-bond acceptors (Lipinski definition) is 4. The van der Waals surface area contributed by atoms with Crippen LogP contribution in [-0.4, -0.2) is 36.1 Å². The van der Waals surface area contributed by atoms with Crippen LogP contribution in [0.25, 0.3) is 0 Å². The smallest absolute Gasteiger partial charge is 0.307 e. The number of hydrogen-bond donors (Lipinski definition) is 0. The Labute approximate surface area is 103 Å². The van der Waals surface area contributed by atoms with Crippen LogP contribution < -0.4 is 0 Å². The molecule has 0 aliphatic heterocycles. The third kappa shape index (κ3) is 5.45. The number of esters is 1. The third-order valence-electron chi connectivity index (χ3n) is 2.39. The van der Waals surface area contributed by atoms with Gasteiger partial charge in [0.05, 0.1) is 13.0 Å². The highest BCUT2D eigenvalue weighted by Crippen LogP contribution is 2.04. The largest absolute Gasteiger partial charge is 0.466 e. The molecule has 0 radical (unpaired) electrons. The summed E-state index contributed by atoms with van der Waals surface area (Å²) >= 11 is 0. The van der Waals surface area contributed by atoms with Gasteiger partial charge in [0, 0.05) is 25.5 Å². The van der Waals surface area contributed by atoms with E-state index < -0.39 is 0 Å². The van der Waals surface area contributed by atoms with Crippen molar-refractivity contribution < 1.29 is 9.53 Å². The molecule has 0 saturated carbocycles. The first-order valence-corrected chi connectivity index (χ1v) is 5.86. The maximum absolute atomic E-state index is 11.2. The number of rotatable bonds is 6. The van der Waals surface area contributed by atoms with E-state index in [0.29, 0.717) is 19.6 Å². The van der Waals surface area contributed by atoms with Crippen molar-refractivity contribution in [3.8, 4) is 0 Å². The van der Waals surface area contributed by atoms with Crippen LogP contribution >= 0.6 is 0 Å². The number of ether oxygens (including phenoxy) is 1. The molecule has 0 bridgehead atoms. The van der Waals surface area contributed by atoms with Crippen LogP contribution in [0.3, 0.4) is 0 Å². The molecule has 4 heteroatoms. The van der Waals surface area contributed by atoms with E-state index >= 15 is 0 Å². The Hall–Kier alpha value is -1.42. The van der Waals surface area contributed by atoms with Crippen LogP contribution in [0.1, 0.15) is 24.5 Å². The minimum Gasteiger partial charge on any atom is -0.466 e. The predicted octanol–water partition coefficient (Wildman–Crippen LogP) is 1.78. The molecule has 0 aliphatic carbocycles. The van der Waals surface area contributed by atoms with Gasteiger partial charge in [-0.3, -0.25) is 9.78 Å². The van der Waals surface area contributed by atoms with E-state index in [1.165, 1.54) is 0 Å². The summed E-state index contributed by atoms with van der Waals surface area (Å²) in [7, 11) is 1.99. The first-order valence-electron chi connectivity index (χ1n) is 5.86. The average molecular weight is 236 g/mol. The monoisotopic (exact) mass is 236 g/mol. The van der Waals surface area contributed by atoms with Crippen molar-refractivity contribution in [1.82, 2.24) is 9.88 Å². The van der Waals surface area contributed by atoms with Gasteiger partial charge in [-0.05, 0) is 32.0 Å². The molecule has 1 rings (SSSR count). The maximum Gasteiger partial charge on any atom is 0.307 e. The first kappa shape index (κ1) is 13.6. The van der Waals surface area contributed by atoms with Crippen LogP contribution in [0.5, 0.6) is 0 Å². The second-order valence-electron chi connectivity index (χ2n) is 4.16. The molecule has 0 unspecified atom stereocenters. The Kier molecular flexibility index (Phi) is 5.63. The van der Waals surface area contributed by atoms with Gasteiger partial charge in [-0.25, -0.2) is 0 Å². The fourth-order valence-electron chi connectivity index (χ4n) is 1.61. The van der Waals surface area contributed by atoms with Gasteiger partial charge in [-0.1, -0.05) is 6.07 Å². The van der Waals surface area contributed by atoms with Crippen molar-refractivity contribution >= 4 is 5.97 Å². The highest BCUT2D eigenvalue weighted by Gasteiger charge is 2.05. The first-order chi connectivity index (χ1) is 8.11. The molecule has 4 nitrogen and oxygen atoms in total. The number of nitrogens with zero attached hydrogens (tertiary/aromatic N) is 2. The standard InChI is InChI=1S/C13H20N2O2/c1-4-17-13(16)5-6-15(3)10-12-7-11(2)8-14-9-12/h7-9H,4-6,10H2,1-3H3. The fraction of sp³-hybridized carbons (Fsp3) is 0.538. The molecule has 1 heterocycles. The fourth-order valence-corrected chi connectivity index (χ4v) is 1.61. The number of aryl methyl sites for hydroxylation is 1. The van der Waals surface area contributed by atoms with Gasteiger partial charge in [0.15, 0.2) is 0 Å². The summed E-state index contributed by atoms with van der Waals surface area (Å²) in [5.74, 6) is -0.137. The van der Waals surface area contributed by atoms with Gasteiger partial charge in [0.25, 0.3) is 0 Å². The van der Waals surface area contributed by atoms with E-state index in [9.17, 15) is 4.79 Å². The van der Waals surface area contributed by atoms with Gasteiger partial charge >= 0.3 is 5.97 Å². The van der Waals surface area contributed by atoms with E-state index in [1.807, 2.05) is 33.3 Å². The summed E-state index contributed by atoms with van der Waals surface area (Å²) in [6.07, 6.45) is 4.12. The zero-order valence-corrected chi connectivity index (χ0v) is 10.8. The van der Waals surface area contributed by atoms with Crippen molar-refractivity contribution in [1.29, 1.82) is 0 Å². The Morgan fingerprint density at radius 1 is 1.47 bits per heavy atom. The Bertz CT molecular complexity index is 366. The zero-order chi connectivity index (χ0) is 12.7. The van der Waals surface area contributed by atoms with Gasteiger partial charge in [0.2, 0.25) is 0 Å². The number of carbonyl (C=O) groups is 1. The van der Waals surface area contributed by atoms with Gasteiger partial charge < -0.3 is 9.64 Å². The summed E-state index contributed by atoms with van der Waals surface area (Å²) in [5.41, 5.74) is 2.32. The molecular formula is C13H20N2O2. The predicted molar refractivity (Wildman–Crippen MR) is 66.6 cm³/mol. The second kappa shape index (κ2) is 7.01. The molecule has 0 atom stereocenters. The normalized spacial score (nSPS) is 10.6. The van der Waals surface area contributed by atoms with E-state index in [1.54, 1.807) is 0 Å². The molecule has 0 amide bonds. The van der Waals surface area contributed by atoms with Crippen LogP contribution in [0.2, 0.25) is 0 Å². The topological polar surface area (TPSA) is 42.4 Å². The van der Waals surface area contributed by atoms with Gasteiger partial charge in [-0.2, -0.15) is 0 Å². The molecule has 1 aromatic rings. The quantitative estimate of drug-likeness (QED) is 0.706. The summed E-state index contributed by atoms with van der Waals surface area (Å²) in [4.78, 5) is 17.4. The lowest BCUT2D eigenvalue weighted by atomic mass is 10.2.